The zero-order valence-corrected chi connectivity index (χ0v) is 16.9. The van der Waals surface area contributed by atoms with E-state index in [0.717, 1.165) is 18.8 Å². The number of ether oxygens (including phenoxy) is 2. The fraction of sp³-hybridized carbons (Fsp3) is 0.667. The second kappa shape index (κ2) is 7.13. The minimum atomic E-state index is -0.518. The van der Waals surface area contributed by atoms with Crippen molar-refractivity contribution >= 4 is 11.9 Å². The monoisotopic (exact) mass is 374 g/mol. The highest BCUT2D eigenvalue weighted by molar-refractivity contribution is 5.96. The van der Waals surface area contributed by atoms with Gasteiger partial charge in [0.15, 0.2) is 11.4 Å². The van der Waals surface area contributed by atoms with Crippen molar-refractivity contribution in [3.8, 4) is 11.5 Å². The van der Waals surface area contributed by atoms with E-state index in [1.54, 1.807) is 6.07 Å². The summed E-state index contributed by atoms with van der Waals surface area (Å²) >= 11 is 0. The third-order valence-electron chi connectivity index (χ3n) is 5.84. The molecule has 0 saturated heterocycles. The van der Waals surface area contributed by atoms with Gasteiger partial charge in [0.25, 0.3) is 5.91 Å². The Balaban J connectivity index is 1.81. The van der Waals surface area contributed by atoms with E-state index in [2.05, 4.69) is 31.1 Å². The highest BCUT2D eigenvalue weighted by Gasteiger charge is 2.49. The molecule has 0 spiro atoms. The van der Waals surface area contributed by atoms with Gasteiger partial charge in [0, 0.05) is 25.2 Å². The van der Waals surface area contributed by atoms with Crippen LogP contribution in [0.5, 0.6) is 11.5 Å². The molecular formula is C21H30N2O4. The van der Waals surface area contributed by atoms with Gasteiger partial charge in [-0.25, -0.2) is 4.98 Å². The summed E-state index contributed by atoms with van der Waals surface area (Å²) in [5, 5.41) is 3.15. The molecule has 2 aliphatic rings. The van der Waals surface area contributed by atoms with Gasteiger partial charge in [0.05, 0.1) is 7.11 Å². The van der Waals surface area contributed by atoms with E-state index in [1.807, 2.05) is 0 Å². The topological polar surface area (TPSA) is 77.5 Å². The molecule has 2 atom stereocenters. The molecule has 1 amide bonds. The van der Waals surface area contributed by atoms with E-state index in [0.29, 0.717) is 5.75 Å². The number of hydrogen-bond acceptors (Lipinski definition) is 5. The smallest absolute Gasteiger partial charge is 0.308 e. The van der Waals surface area contributed by atoms with Gasteiger partial charge in [0.2, 0.25) is 5.75 Å². The van der Waals surface area contributed by atoms with E-state index >= 15 is 0 Å². The average molecular weight is 374 g/mol. The SMILES string of the molecule is COc1ccnc(C(=O)NC2CC(C)(C)CC(C)(C3CC3)C2)c1OC(C)=O. The average Bonchev–Trinajstić information content (AvgIpc) is 3.37. The Morgan fingerprint density at radius 1 is 1.22 bits per heavy atom. The Kier molecular flexibility index (Phi) is 5.19. The summed E-state index contributed by atoms with van der Waals surface area (Å²) in [5.74, 6) is 0.312. The molecule has 0 aliphatic heterocycles. The van der Waals surface area contributed by atoms with Crippen molar-refractivity contribution in [2.75, 3.05) is 7.11 Å². The fourth-order valence-electron chi connectivity index (χ4n) is 4.98. The number of nitrogens with zero attached hydrogens (tertiary/aromatic N) is 1. The van der Waals surface area contributed by atoms with Crippen LogP contribution in [-0.4, -0.2) is 30.0 Å². The largest absolute Gasteiger partial charge is 0.493 e. The van der Waals surface area contributed by atoms with Crippen molar-refractivity contribution in [2.24, 2.45) is 16.7 Å². The molecule has 1 aromatic heterocycles. The molecule has 6 nitrogen and oxygen atoms in total. The van der Waals surface area contributed by atoms with Gasteiger partial charge in [-0.1, -0.05) is 20.8 Å². The van der Waals surface area contributed by atoms with E-state index in [-0.39, 0.29) is 34.2 Å². The molecule has 2 aliphatic carbocycles. The fourth-order valence-corrected chi connectivity index (χ4v) is 4.98. The molecular weight excluding hydrogens is 344 g/mol. The maximum atomic E-state index is 13.0. The molecule has 0 aromatic carbocycles. The number of rotatable bonds is 5. The molecule has 2 saturated carbocycles. The van der Waals surface area contributed by atoms with Crippen LogP contribution in [-0.2, 0) is 4.79 Å². The zero-order valence-electron chi connectivity index (χ0n) is 16.9. The lowest BCUT2D eigenvalue weighted by molar-refractivity contribution is -0.132. The van der Waals surface area contributed by atoms with Crippen LogP contribution in [0.2, 0.25) is 0 Å². The molecule has 1 N–H and O–H groups in total. The van der Waals surface area contributed by atoms with E-state index in [9.17, 15) is 9.59 Å². The quantitative estimate of drug-likeness (QED) is 0.795. The van der Waals surface area contributed by atoms with Crippen LogP contribution >= 0.6 is 0 Å². The molecule has 0 bridgehead atoms. The highest BCUT2D eigenvalue weighted by atomic mass is 16.6. The summed E-state index contributed by atoms with van der Waals surface area (Å²) in [4.78, 5) is 28.6. The molecule has 148 valence electrons. The first-order chi connectivity index (χ1) is 12.6. The van der Waals surface area contributed by atoms with Crippen LogP contribution in [0.15, 0.2) is 12.3 Å². The van der Waals surface area contributed by atoms with E-state index in [4.69, 9.17) is 9.47 Å². The van der Waals surface area contributed by atoms with Crippen molar-refractivity contribution in [3.05, 3.63) is 18.0 Å². The van der Waals surface area contributed by atoms with Gasteiger partial charge in [0.1, 0.15) is 0 Å². The van der Waals surface area contributed by atoms with Crippen LogP contribution < -0.4 is 14.8 Å². The number of methoxy groups -OCH3 is 1. The van der Waals surface area contributed by atoms with Gasteiger partial charge < -0.3 is 14.8 Å². The molecule has 6 heteroatoms. The Labute approximate surface area is 161 Å². The molecule has 1 aromatic rings. The standard InChI is InChI=1S/C21H30N2O4/c1-13(24)27-18-16(26-5)8-9-22-17(18)19(25)23-15-10-20(2,3)12-21(4,11-15)14-6-7-14/h8-9,14-15H,6-7,10-12H2,1-5H3,(H,23,25). The highest BCUT2D eigenvalue weighted by Crippen LogP contribution is 2.57. The van der Waals surface area contributed by atoms with Crippen LogP contribution in [0.25, 0.3) is 0 Å². The number of hydrogen-bond donors (Lipinski definition) is 1. The molecule has 2 unspecified atom stereocenters. The molecule has 27 heavy (non-hydrogen) atoms. The summed E-state index contributed by atoms with van der Waals surface area (Å²) in [6, 6.07) is 1.65. The Morgan fingerprint density at radius 2 is 1.93 bits per heavy atom. The predicted molar refractivity (Wildman–Crippen MR) is 102 cm³/mol. The molecule has 2 fully saturated rings. The third-order valence-corrected chi connectivity index (χ3v) is 5.84. The third kappa shape index (κ3) is 4.42. The minimum Gasteiger partial charge on any atom is -0.493 e. The summed E-state index contributed by atoms with van der Waals surface area (Å²) < 4.78 is 10.5. The Morgan fingerprint density at radius 3 is 2.52 bits per heavy atom. The lowest BCUT2D eigenvalue weighted by Crippen LogP contribution is -2.47. The van der Waals surface area contributed by atoms with Gasteiger partial charge in [-0.2, -0.15) is 0 Å². The lowest BCUT2D eigenvalue weighted by atomic mass is 9.60. The first-order valence-corrected chi connectivity index (χ1v) is 9.66. The maximum Gasteiger partial charge on any atom is 0.308 e. The van der Waals surface area contributed by atoms with Gasteiger partial charge >= 0.3 is 5.97 Å². The molecule has 0 radical (unpaired) electrons. The Hall–Kier alpha value is -2.11. The summed E-state index contributed by atoms with van der Waals surface area (Å²) in [7, 11) is 1.47. The van der Waals surface area contributed by atoms with Gasteiger partial charge in [-0.15, -0.1) is 0 Å². The number of pyridine rings is 1. The molecule has 1 heterocycles. The lowest BCUT2D eigenvalue weighted by Gasteiger charge is -2.47. The van der Waals surface area contributed by atoms with Crippen LogP contribution in [0, 0.1) is 16.7 Å². The first kappa shape index (κ1) is 19.6. The summed E-state index contributed by atoms with van der Waals surface area (Å²) in [6.45, 7) is 8.21. The predicted octanol–water partition coefficient (Wildman–Crippen LogP) is 3.74. The van der Waals surface area contributed by atoms with Crippen molar-refractivity contribution in [3.63, 3.8) is 0 Å². The zero-order chi connectivity index (χ0) is 19.8. The van der Waals surface area contributed by atoms with Crippen molar-refractivity contribution in [2.45, 2.75) is 65.8 Å². The maximum absolute atomic E-state index is 13.0. The van der Waals surface area contributed by atoms with Crippen molar-refractivity contribution in [1.82, 2.24) is 10.3 Å². The number of esters is 1. The van der Waals surface area contributed by atoms with Crippen LogP contribution in [0.4, 0.5) is 0 Å². The van der Waals surface area contributed by atoms with Crippen molar-refractivity contribution < 1.29 is 19.1 Å². The normalized spacial score (nSPS) is 26.9. The molecule has 3 rings (SSSR count). The first-order valence-electron chi connectivity index (χ1n) is 9.66. The summed E-state index contributed by atoms with van der Waals surface area (Å²) in [6.07, 6.45) is 7.16. The van der Waals surface area contributed by atoms with Gasteiger partial charge in [-0.05, 0) is 48.9 Å². The number of aromatic nitrogens is 1. The van der Waals surface area contributed by atoms with E-state index in [1.165, 1.54) is 39.5 Å². The summed E-state index contributed by atoms with van der Waals surface area (Å²) in [5.41, 5.74) is 0.523. The number of amides is 1. The van der Waals surface area contributed by atoms with Crippen LogP contribution in [0.1, 0.15) is 70.3 Å². The second-order valence-corrected chi connectivity index (χ2v) is 9.13. The number of carbonyl (C=O) groups is 2. The number of carbonyl (C=O) groups excluding carboxylic acids is 2. The van der Waals surface area contributed by atoms with Gasteiger partial charge in [-0.3, -0.25) is 9.59 Å². The number of nitrogens with one attached hydrogen (secondary N) is 1. The van der Waals surface area contributed by atoms with Crippen molar-refractivity contribution in [1.29, 1.82) is 0 Å². The minimum absolute atomic E-state index is 0.0741. The van der Waals surface area contributed by atoms with Crippen LogP contribution in [0.3, 0.4) is 0 Å². The Bertz CT molecular complexity index is 742. The second-order valence-electron chi connectivity index (χ2n) is 9.13. The van der Waals surface area contributed by atoms with E-state index < -0.39 is 5.97 Å².